The van der Waals surface area contributed by atoms with E-state index in [0.717, 1.165) is 6.07 Å². The number of alkyl halides is 3. The molecule has 7 heteroatoms. The van der Waals surface area contributed by atoms with Crippen molar-refractivity contribution < 1.29 is 22.4 Å². The van der Waals surface area contributed by atoms with Gasteiger partial charge < -0.3 is 9.73 Å². The maximum Gasteiger partial charge on any atom is 0.418 e. The highest BCUT2D eigenvalue weighted by molar-refractivity contribution is 5.93. The molecule has 118 valence electrons. The standard InChI is InChI=1S/C16H11F3N2O2/c17-16(18,19)11-3-1-2-4-12(11)21-15(22)8-10-5-6-13-14(7-10)23-9-20-13/h1-7,9H,8H2,(H,21,22). The minimum Gasteiger partial charge on any atom is -0.443 e. The molecule has 1 aromatic heterocycles. The van der Waals surface area contributed by atoms with Gasteiger partial charge in [-0.25, -0.2) is 4.98 Å². The molecule has 3 aromatic rings. The predicted molar refractivity (Wildman–Crippen MR) is 77.8 cm³/mol. The lowest BCUT2D eigenvalue weighted by molar-refractivity contribution is -0.137. The SMILES string of the molecule is O=C(Cc1ccc2ncoc2c1)Nc1ccccc1C(F)(F)F. The number of amides is 1. The van der Waals surface area contributed by atoms with Crippen LogP contribution in [0.4, 0.5) is 18.9 Å². The third kappa shape index (κ3) is 3.33. The van der Waals surface area contributed by atoms with E-state index in [0.29, 0.717) is 16.7 Å². The molecule has 0 atom stereocenters. The summed E-state index contributed by atoms with van der Waals surface area (Å²) < 4.78 is 43.8. The topological polar surface area (TPSA) is 55.1 Å². The van der Waals surface area contributed by atoms with Gasteiger partial charge in [0, 0.05) is 0 Å². The highest BCUT2D eigenvalue weighted by Gasteiger charge is 2.33. The van der Waals surface area contributed by atoms with Crippen molar-refractivity contribution in [3.63, 3.8) is 0 Å². The largest absolute Gasteiger partial charge is 0.443 e. The molecule has 1 N–H and O–H groups in total. The minimum absolute atomic E-state index is 0.0666. The maximum atomic E-state index is 12.9. The molecule has 1 heterocycles. The summed E-state index contributed by atoms with van der Waals surface area (Å²) in [6.45, 7) is 0. The van der Waals surface area contributed by atoms with Crippen LogP contribution in [0, 0.1) is 0 Å². The van der Waals surface area contributed by atoms with Crippen molar-refractivity contribution in [1.29, 1.82) is 0 Å². The predicted octanol–water partition coefficient (Wildman–Crippen LogP) is 4.03. The Hall–Kier alpha value is -2.83. The summed E-state index contributed by atoms with van der Waals surface area (Å²) in [5, 5.41) is 2.30. The molecule has 1 amide bonds. The van der Waals surface area contributed by atoms with Gasteiger partial charge in [0.05, 0.1) is 17.7 Å². The zero-order chi connectivity index (χ0) is 16.4. The molecule has 0 bridgehead atoms. The quantitative estimate of drug-likeness (QED) is 0.793. The number of hydrogen-bond acceptors (Lipinski definition) is 3. The van der Waals surface area contributed by atoms with E-state index in [1.54, 1.807) is 18.2 Å². The summed E-state index contributed by atoms with van der Waals surface area (Å²) in [5.74, 6) is -0.541. The van der Waals surface area contributed by atoms with Crippen LogP contribution < -0.4 is 5.32 Å². The first-order valence-electron chi connectivity index (χ1n) is 6.72. The van der Waals surface area contributed by atoms with Crippen molar-refractivity contribution in [1.82, 2.24) is 4.98 Å². The van der Waals surface area contributed by atoms with Gasteiger partial charge in [0.25, 0.3) is 0 Å². The van der Waals surface area contributed by atoms with Crippen LogP contribution in [0.5, 0.6) is 0 Å². The number of nitrogens with zero attached hydrogens (tertiary/aromatic N) is 1. The lowest BCUT2D eigenvalue weighted by Gasteiger charge is -2.13. The maximum absolute atomic E-state index is 12.9. The van der Waals surface area contributed by atoms with E-state index in [9.17, 15) is 18.0 Å². The van der Waals surface area contributed by atoms with Crippen molar-refractivity contribution in [2.45, 2.75) is 12.6 Å². The fourth-order valence-electron chi connectivity index (χ4n) is 2.23. The van der Waals surface area contributed by atoms with Crippen molar-refractivity contribution in [3.8, 4) is 0 Å². The zero-order valence-electron chi connectivity index (χ0n) is 11.7. The Morgan fingerprint density at radius 2 is 1.96 bits per heavy atom. The van der Waals surface area contributed by atoms with E-state index in [1.165, 1.54) is 24.6 Å². The number of halogens is 3. The zero-order valence-corrected chi connectivity index (χ0v) is 11.7. The number of benzene rings is 2. The van der Waals surface area contributed by atoms with Crippen molar-refractivity contribution in [3.05, 3.63) is 60.0 Å². The average Bonchev–Trinajstić information content (AvgIpc) is 2.94. The highest BCUT2D eigenvalue weighted by atomic mass is 19.4. The second kappa shape index (κ2) is 5.75. The average molecular weight is 320 g/mol. The van der Waals surface area contributed by atoms with Gasteiger partial charge in [-0.05, 0) is 29.8 Å². The molecular weight excluding hydrogens is 309 g/mol. The van der Waals surface area contributed by atoms with Crippen LogP contribution >= 0.6 is 0 Å². The number of oxazole rings is 1. The third-order valence-electron chi connectivity index (χ3n) is 3.27. The van der Waals surface area contributed by atoms with Crippen LogP contribution in [0.3, 0.4) is 0 Å². The first-order chi connectivity index (χ1) is 10.9. The van der Waals surface area contributed by atoms with E-state index in [-0.39, 0.29) is 12.1 Å². The van der Waals surface area contributed by atoms with Gasteiger partial charge >= 0.3 is 6.18 Å². The normalized spacial score (nSPS) is 11.6. The Balaban J connectivity index is 1.77. The van der Waals surface area contributed by atoms with Crippen molar-refractivity contribution in [2.24, 2.45) is 0 Å². The smallest absolute Gasteiger partial charge is 0.418 e. The molecule has 23 heavy (non-hydrogen) atoms. The molecule has 4 nitrogen and oxygen atoms in total. The number of hydrogen-bond donors (Lipinski definition) is 1. The van der Waals surface area contributed by atoms with Gasteiger partial charge in [-0.3, -0.25) is 4.79 Å². The fraction of sp³-hybridized carbons (Fsp3) is 0.125. The molecule has 0 aliphatic rings. The Labute approximate surface area is 128 Å². The van der Waals surface area contributed by atoms with Crippen molar-refractivity contribution in [2.75, 3.05) is 5.32 Å². The number of anilines is 1. The molecule has 0 aliphatic heterocycles. The minimum atomic E-state index is -4.53. The second-order valence-electron chi connectivity index (χ2n) is 4.92. The molecule has 0 saturated heterocycles. The lowest BCUT2D eigenvalue weighted by atomic mass is 10.1. The van der Waals surface area contributed by atoms with Crippen LogP contribution in [0.15, 0.2) is 53.3 Å². The van der Waals surface area contributed by atoms with E-state index < -0.39 is 17.6 Å². The Bertz CT molecular complexity index is 856. The number of rotatable bonds is 3. The summed E-state index contributed by atoms with van der Waals surface area (Å²) in [4.78, 5) is 16.0. The number of aromatic nitrogens is 1. The summed E-state index contributed by atoms with van der Waals surface area (Å²) in [7, 11) is 0. The Kier molecular flexibility index (Phi) is 3.77. The van der Waals surface area contributed by atoms with Crippen LogP contribution in [-0.4, -0.2) is 10.9 Å². The Morgan fingerprint density at radius 3 is 2.74 bits per heavy atom. The lowest BCUT2D eigenvalue weighted by Crippen LogP contribution is -2.18. The van der Waals surface area contributed by atoms with Gasteiger partial charge in [-0.2, -0.15) is 13.2 Å². The molecule has 0 spiro atoms. The molecule has 0 unspecified atom stereocenters. The number of nitrogens with one attached hydrogen (secondary N) is 1. The van der Waals surface area contributed by atoms with Gasteiger partial charge in [0.2, 0.25) is 5.91 Å². The van der Waals surface area contributed by atoms with Gasteiger partial charge in [0.15, 0.2) is 12.0 Å². The Morgan fingerprint density at radius 1 is 1.17 bits per heavy atom. The van der Waals surface area contributed by atoms with Crippen LogP contribution in [0.1, 0.15) is 11.1 Å². The second-order valence-corrected chi connectivity index (χ2v) is 4.92. The van der Waals surface area contributed by atoms with Gasteiger partial charge in [-0.15, -0.1) is 0 Å². The summed E-state index contributed by atoms with van der Waals surface area (Å²) in [6.07, 6.45) is -3.31. The summed E-state index contributed by atoms with van der Waals surface area (Å²) >= 11 is 0. The number of carbonyl (C=O) groups excluding carboxylic acids is 1. The van der Waals surface area contributed by atoms with E-state index >= 15 is 0 Å². The fourth-order valence-corrected chi connectivity index (χ4v) is 2.23. The first-order valence-corrected chi connectivity index (χ1v) is 6.72. The number of para-hydroxylation sites is 1. The summed E-state index contributed by atoms with van der Waals surface area (Å²) in [6, 6.07) is 9.86. The molecule has 3 rings (SSSR count). The van der Waals surface area contributed by atoms with Crippen LogP contribution in [-0.2, 0) is 17.4 Å². The molecule has 0 fully saturated rings. The van der Waals surface area contributed by atoms with Crippen LogP contribution in [0.25, 0.3) is 11.1 Å². The van der Waals surface area contributed by atoms with Gasteiger partial charge in [-0.1, -0.05) is 18.2 Å². The van der Waals surface area contributed by atoms with Crippen molar-refractivity contribution >= 4 is 22.7 Å². The molecule has 0 saturated carbocycles. The molecule has 0 radical (unpaired) electrons. The van der Waals surface area contributed by atoms with Crippen LogP contribution in [0.2, 0.25) is 0 Å². The molecule has 2 aromatic carbocycles. The van der Waals surface area contributed by atoms with E-state index in [4.69, 9.17) is 4.42 Å². The highest BCUT2D eigenvalue weighted by Crippen LogP contribution is 2.34. The van der Waals surface area contributed by atoms with E-state index in [2.05, 4.69) is 10.3 Å². The monoisotopic (exact) mass is 320 g/mol. The molecule has 0 aliphatic carbocycles. The third-order valence-corrected chi connectivity index (χ3v) is 3.27. The molecular formula is C16H11F3N2O2. The van der Waals surface area contributed by atoms with E-state index in [1.807, 2.05) is 0 Å². The summed E-state index contributed by atoms with van der Waals surface area (Å²) in [5.41, 5.74) is 0.656. The number of fused-ring (bicyclic) bond motifs is 1. The first kappa shape index (κ1) is 15.1. The van der Waals surface area contributed by atoms with Gasteiger partial charge in [0.1, 0.15) is 5.52 Å². The number of carbonyl (C=O) groups is 1.